The van der Waals surface area contributed by atoms with Gasteiger partial charge in [-0.3, -0.25) is 9.48 Å². The van der Waals surface area contributed by atoms with Crippen LogP contribution in [0.15, 0.2) is 0 Å². The number of aryl methyl sites for hydroxylation is 3. The molecule has 7 nitrogen and oxygen atoms in total. The van der Waals surface area contributed by atoms with E-state index in [0.717, 1.165) is 28.3 Å². The summed E-state index contributed by atoms with van der Waals surface area (Å²) in [6, 6.07) is -0.331. The van der Waals surface area contributed by atoms with Crippen molar-refractivity contribution in [2.75, 3.05) is 0 Å². The molecule has 25 heavy (non-hydrogen) atoms. The van der Waals surface area contributed by atoms with Gasteiger partial charge in [0.25, 0.3) is 0 Å². The number of rotatable bonds is 6. The molecule has 1 amide bonds. The average molecular weight is 364 g/mol. The molecule has 2 heterocycles. The van der Waals surface area contributed by atoms with E-state index in [1.807, 2.05) is 39.4 Å². The quantitative estimate of drug-likeness (QED) is 0.821. The van der Waals surface area contributed by atoms with Crippen LogP contribution in [0.5, 0.6) is 0 Å². The number of thiazole rings is 1. The van der Waals surface area contributed by atoms with E-state index in [4.69, 9.17) is 5.11 Å². The molecule has 0 saturated carbocycles. The normalized spacial score (nSPS) is 13.5. The van der Waals surface area contributed by atoms with E-state index in [0.29, 0.717) is 17.1 Å². The molecule has 0 spiro atoms. The number of nitrogens with one attached hydrogen (secondary N) is 1. The Morgan fingerprint density at radius 2 is 1.88 bits per heavy atom. The number of hydrogen-bond donors (Lipinski definition) is 2. The minimum atomic E-state index is -0.990. The first-order valence-electron chi connectivity index (χ1n) is 8.11. The number of carbonyl (C=O) groups is 2. The van der Waals surface area contributed by atoms with Crippen molar-refractivity contribution >= 4 is 23.2 Å². The molecule has 2 atom stereocenters. The smallest absolute Gasteiger partial charge is 0.347 e. The number of hydrogen-bond acceptors (Lipinski definition) is 5. The van der Waals surface area contributed by atoms with Gasteiger partial charge in [0.05, 0.1) is 17.4 Å². The van der Waals surface area contributed by atoms with Gasteiger partial charge in [0.1, 0.15) is 9.88 Å². The Labute approximate surface area is 151 Å². The zero-order valence-corrected chi connectivity index (χ0v) is 16.2. The van der Waals surface area contributed by atoms with Crippen molar-refractivity contribution in [2.45, 2.75) is 47.1 Å². The Kier molecular flexibility index (Phi) is 5.62. The molecule has 0 saturated heterocycles. The van der Waals surface area contributed by atoms with Gasteiger partial charge in [-0.05, 0) is 39.7 Å². The van der Waals surface area contributed by atoms with Crippen molar-refractivity contribution in [3.8, 4) is 0 Å². The lowest BCUT2D eigenvalue weighted by Gasteiger charge is -2.16. The molecule has 0 fully saturated rings. The summed E-state index contributed by atoms with van der Waals surface area (Å²) in [5.41, 5.74) is 3.57. The summed E-state index contributed by atoms with van der Waals surface area (Å²) in [6.45, 7) is 9.29. The van der Waals surface area contributed by atoms with Crippen molar-refractivity contribution in [1.82, 2.24) is 20.1 Å². The first-order chi connectivity index (χ1) is 11.6. The van der Waals surface area contributed by atoms with Gasteiger partial charge in [-0.1, -0.05) is 6.92 Å². The lowest BCUT2D eigenvalue weighted by Crippen LogP contribution is -2.32. The molecule has 2 rings (SSSR count). The van der Waals surface area contributed by atoms with Crippen LogP contribution in [0.4, 0.5) is 0 Å². The van der Waals surface area contributed by atoms with Gasteiger partial charge in [0.15, 0.2) is 0 Å². The van der Waals surface area contributed by atoms with Crippen molar-refractivity contribution in [3.63, 3.8) is 0 Å². The fourth-order valence-electron chi connectivity index (χ4n) is 2.73. The van der Waals surface area contributed by atoms with E-state index < -0.39 is 5.97 Å². The number of aromatic nitrogens is 3. The van der Waals surface area contributed by atoms with Gasteiger partial charge in [0, 0.05) is 18.7 Å². The van der Waals surface area contributed by atoms with Crippen molar-refractivity contribution < 1.29 is 14.7 Å². The third-order valence-corrected chi connectivity index (χ3v) is 5.68. The standard InChI is InChI=1S/C17H24N4O3S/c1-8(7-13-9(2)20-21(6)12(13)5)15(22)18-11(4)16-19-10(3)14(25-16)17(23)24/h8,11H,7H2,1-6H3,(H,18,22)(H,23,24). The number of carbonyl (C=O) groups excluding carboxylic acids is 1. The highest BCUT2D eigenvalue weighted by atomic mass is 32.1. The highest BCUT2D eigenvalue weighted by Gasteiger charge is 2.23. The maximum absolute atomic E-state index is 12.5. The molecule has 2 N–H and O–H groups in total. The largest absolute Gasteiger partial charge is 0.477 e. The second kappa shape index (κ2) is 7.35. The van der Waals surface area contributed by atoms with Gasteiger partial charge in [-0.2, -0.15) is 5.10 Å². The van der Waals surface area contributed by atoms with Crippen LogP contribution in [-0.2, 0) is 18.3 Å². The molecule has 136 valence electrons. The average Bonchev–Trinajstić information content (AvgIpc) is 3.02. The summed E-state index contributed by atoms with van der Waals surface area (Å²) in [5.74, 6) is -1.29. The Balaban J connectivity index is 2.05. The second-order valence-corrected chi connectivity index (χ2v) is 7.41. The van der Waals surface area contributed by atoms with Crippen LogP contribution in [0, 0.1) is 26.7 Å². The Hall–Kier alpha value is -2.22. The predicted molar refractivity (Wildman–Crippen MR) is 95.9 cm³/mol. The van der Waals surface area contributed by atoms with Crippen LogP contribution in [-0.4, -0.2) is 31.7 Å². The highest BCUT2D eigenvalue weighted by molar-refractivity contribution is 7.13. The van der Waals surface area contributed by atoms with E-state index in [1.54, 1.807) is 6.92 Å². The van der Waals surface area contributed by atoms with E-state index in [2.05, 4.69) is 15.4 Å². The minimum Gasteiger partial charge on any atom is -0.477 e. The van der Waals surface area contributed by atoms with Crippen molar-refractivity contribution in [2.24, 2.45) is 13.0 Å². The fourth-order valence-corrected chi connectivity index (χ4v) is 3.64. The maximum Gasteiger partial charge on any atom is 0.347 e. The molecule has 2 aromatic heterocycles. The van der Waals surface area contributed by atoms with Gasteiger partial charge < -0.3 is 10.4 Å². The van der Waals surface area contributed by atoms with Crippen LogP contribution in [0.2, 0.25) is 0 Å². The number of amides is 1. The molecule has 2 unspecified atom stereocenters. The Morgan fingerprint density at radius 1 is 1.24 bits per heavy atom. The fraction of sp³-hybridized carbons (Fsp3) is 0.529. The molecule has 0 bridgehead atoms. The van der Waals surface area contributed by atoms with Crippen LogP contribution in [0.1, 0.15) is 57.2 Å². The summed E-state index contributed by atoms with van der Waals surface area (Å²) in [5, 5.41) is 17.0. The summed E-state index contributed by atoms with van der Waals surface area (Å²) >= 11 is 1.10. The number of carboxylic acids is 1. The minimum absolute atomic E-state index is 0.0834. The molecule has 0 aromatic carbocycles. The molecular weight excluding hydrogens is 340 g/mol. The van der Waals surface area contributed by atoms with Crippen LogP contribution < -0.4 is 5.32 Å². The predicted octanol–water partition coefficient (Wildman–Crippen LogP) is 2.56. The van der Waals surface area contributed by atoms with Crippen LogP contribution in [0.25, 0.3) is 0 Å². The summed E-state index contributed by atoms with van der Waals surface area (Å²) in [6.07, 6.45) is 0.612. The van der Waals surface area contributed by atoms with Crippen LogP contribution >= 0.6 is 11.3 Å². The van der Waals surface area contributed by atoms with E-state index in [-0.39, 0.29) is 22.7 Å². The molecular formula is C17H24N4O3S. The topological polar surface area (TPSA) is 97.1 Å². The third kappa shape index (κ3) is 4.07. The molecule has 0 aliphatic carbocycles. The number of carboxylic acid groups (broad SMARTS) is 1. The lowest BCUT2D eigenvalue weighted by atomic mass is 9.98. The zero-order valence-electron chi connectivity index (χ0n) is 15.4. The Morgan fingerprint density at radius 3 is 2.36 bits per heavy atom. The van der Waals surface area contributed by atoms with Crippen molar-refractivity contribution in [1.29, 1.82) is 0 Å². The number of aromatic carboxylic acids is 1. The summed E-state index contributed by atoms with van der Waals surface area (Å²) in [4.78, 5) is 28.1. The summed E-state index contributed by atoms with van der Waals surface area (Å²) in [7, 11) is 1.89. The van der Waals surface area contributed by atoms with E-state index >= 15 is 0 Å². The molecule has 8 heteroatoms. The van der Waals surface area contributed by atoms with E-state index in [9.17, 15) is 9.59 Å². The monoisotopic (exact) mass is 364 g/mol. The molecule has 0 aliphatic heterocycles. The van der Waals surface area contributed by atoms with Gasteiger partial charge in [-0.15, -0.1) is 11.3 Å². The van der Waals surface area contributed by atoms with Gasteiger partial charge in [0.2, 0.25) is 5.91 Å². The zero-order chi connectivity index (χ0) is 18.9. The number of nitrogens with zero attached hydrogens (tertiary/aromatic N) is 3. The second-order valence-electron chi connectivity index (χ2n) is 6.38. The first kappa shape index (κ1) is 19.1. The maximum atomic E-state index is 12.5. The molecule has 2 aromatic rings. The molecule has 0 radical (unpaired) electrons. The highest BCUT2D eigenvalue weighted by Crippen LogP contribution is 2.24. The first-order valence-corrected chi connectivity index (χ1v) is 8.93. The molecule has 0 aliphatic rings. The van der Waals surface area contributed by atoms with Crippen LogP contribution in [0.3, 0.4) is 0 Å². The SMILES string of the molecule is Cc1nc(C(C)NC(=O)C(C)Cc2c(C)nn(C)c2C)sc1C(=O)O. The van der Waals surface area contributed by atoms with E-state index in [1.165, 1.54) is 0 Å². The van der Waals surface area contributed by atoms with Gasteiger partial charge >= 0.3 is 5.97 Å². The Bertz CT molecular complexity index is 809. The van der Waals surface area contributed by atoms with Crippen molar-refractivity contribution in [3.05, 3.63) is 32.5 Å². The van der Waals surface area contributed by atoms with Gasteiger partial charge in [-0.25, -0.2) is 9.78 Å². The third-order valence-electron chi connectivity index (χ3n) is 4.35. The lowest BCUT2D eigenvalue weighted by molar-refractivity contribution is -0.125. The summed E-state index contributed by atoms with van der Waals surface area (Å²) < 4.78 is 1.82.